The summed E-state index contributed by atoms with van der Waals surface area (Å²) >= 11 is 5.89. The molecule has 0 bridgehead atoms. The summed E-state index contributed by atoms with van der Waals surface area (Å²) < 4.78 is 7.36. The van der Waals surface area contributed by atoms with Crippen molar-refractivity contribution < 1.29 is 9.84 Å². The van der Waals surface area contributed by atoms with Gasteiger partial charge in [0.05, 0.1) is 11.2 Å². The van der Waals surface area contributed by atoms with Crippen LogP contribution in [0, 0.1) is 0 Å². The van der Waals surface area contributed by atoms with Crippen LogP contribution in [0.2, 0.25) is 5.02 Å². The maximum atomic E-state index is 9.18. The van der Waals surface area contributed by atoms with Gasteiger partial charge in [-0.2, -0.15) is 4.98 Å². The molecular weight excluding hydrogens is 252 g/mol. The monoisotopic (exact) mass is 260 g/mol. The Morgan fingerprint density at radius 2 is 1.83 bits per heavy atom. The summed E-state index contributed by atoms with van der Waals surface area (Å²) in [6.07, 6.45) is 3.50. The molecule has 0 spiro atoms. The Kier molecular flexibility index (Phi) is 2.57. The molecule has 0 saturated heterocycles. The number of pyridine rings is 1. The topological polar surface area (TPSA) is 46.8 Å². The number of nitrogens with zero attached hydrogens (tertiary/aromatic N) is 2. The van der Waals surface area contributed by atoms with Crippen LogP contribution in [0.15, 0.2) is 48.8 Å². The molecule has 2 heterocycles. The highest BCUT2D eigenvalue weighted by Crippen LogP contribution is 2.23. The zero-order valence-electron chi connectivity index (χ0n) is 9.25. The molecule has 0 atom stereocenters. The Morgan fingerprint density at radius 1 is 1.06 bits per heavy atom. The van der Waals surface area contributed by atoms with Crippen molar-refractivity contribution in [2.24, 2.45) is 0 Å². The number of ether oxygens (including phenoxy) is 1. The third-order valence-corrected chi connectivity index (χ3v) is 2.68. The first-order valence-corrected chi connectivity index (χ1v) is 5.70. The number of imidazole rings is 1. The lowest BCUT2D eigenvalue weighted by Crippen LogP contribution is -1.82. The first-order chi connectivity index (χ1) is 8.70. The highest BCUT2D eigenvalue weighted by molar-refractivity contribution is 6.30. The van der Waals surface area contributed by atoms with E-state index in [9.17, 15) is 5.11 Å². The largest absolute Gasteiger partial charge is 0.508 e. The number of hydrogen-bond acceptors (Lipinski definition) is 3. The molecule has 0 aliphatic rings. The zero-order chi connectivity index (χ0) is 12.5. The quantitative estimate of drug-likeness (QED) is 0.767. The summed E-state index contributed by atoms with van der Waals surface area (Å²) in [5.74, 6) is 1.29. The lowest BCUT2D eigenvalue weighted by molar-refractivity contribution is 0.456. The van der Waals surface area contributed by atoms with Crippen LogP contribution >= 0.6 is 11.6 Å². The molecule has 2 aromatic heterocycles. The second-order valence-corrected chi connectivity index (χ2v) is 4.22. The molecule has 90 valence electrons. The van der Waals surface area contributed by atoms with Gasteiger partial charge in [-0.3, -0.25) is 0 Å². The van der Waals surface area contributed by atoms with Crippen molar-refractivity contribution in [2.75, 3.05) is 0 Å². The Balaban J connectivity index is 1.92. The molecular formula is C13H9ClN2O2. The average molecular weight is 261 g/mol. The summed E-state index contributed by atoms with van der Waals surface area (Å²) in [4.78, 5) is 4.29. The predicted octanol–water partition coefficient (Wildman–Crippen LogP) is 3.49. The van der Waals surface area contributed by atoms with Gasteiger partial charge in [-0.05, 0) is 36.4 Å². The number of benzene rings is 1. The SMILES string of the molecule is Oc1ccc(Oc2cn3cc(Cl)ccc3n2)cc1. The summed E-state index contributed by atoms with van der Waals surface area (Å²) in [5, 5.41) is 9.81. The van der Waals surface area contributed by atoms with Crippen molar-refractivity contribution in [1.82, 2.24) is 9.38 Å². The molecule has 1 aromatic carbocycles. The summed E-state index contributed by atoms with van der Waals surface area (Å²) in [7, 11) is 0. The molecule has 0 saturated carbocycles. The van der Waals surface area contributed by atoms with E-state index in [2.05, 4.69) is 4.98 Å². The third kappa shape index (κ3) is 2.10. The van der Waals surface area contributed by atoms with Gasteiger partial charge in [0.25, 0.3) is 0 Å². The van der Waals surface area contributed by atoms with Crippen LogP contribution in [0.25, 0.3) is 5.65 Å². The maximum absolute atomic E-state index is 9.18. The van der Waals surface area contributed by atoms with E-state index in [1.165, 1.54) is 0 Å². The molecule has 3 rings (SSSR count). The Hall–Kier alpha value is -2.20. The first kappa shape index (κ1) is 10.9. The maximum Gasteiger partial charge on any atom is 0.238 e. The second-order valence-electron chi connectivity index (χ2n) is 3.79. The fourth-order valence-corrected chi connectivity index (χ4v) is 1.79. The van der Waals surface area contributed by atoms with Crippen LogP contribution in [0.5, 0.6) is 17.4 Å². The molecule has 4 nitrogen and oxygen atoms in total. The summed E-state index contributed by atoms with van der Waals surface area (Å²) in [6.45, 7) is 0. The lowest BCUT2D eigenvalue weighted by Gasteiger charge is -2.00. The molecule has 5 heteroatoms. The number of fused-ring (bicyclic) bond motifs is 1. The molecule has 0 amide bonds. The van der Waals surface area contributed by atoms with Crippen molar-refractivity contribution >= 4 is 17.2 Å². The Labute approximate surface area is 108 Å². The van der Waals surface area contributed by atoms with Crippen molar-refractivity contribution in [1.29, 1.82) is 0 Å². The average Bonchev–Trinajstić information content (AvgIpc) is 2.73. The minimum absolute atomic E-state index is 0.198. The molecule has 0 unspecified atom stereocenters. The van der Waals surface area contributed by atoms with Crippen LogP contribution in [0.4, 0.5) is 0 Å². The fourth-order valence-electron chi connectivity index (χ4n) is 1.63. The van der Waals surface area contributed by atoms with Crippen LogP contribution in [0.1, 0.15) is 0 Å². The molecule has 0 fully saturated rings. The molecule has 0 radical (unpaired) electrons. The number of aromatic hydroxyl groups is 1. The number of rotatable bonds is 2. The van der Waals surface area contributed by atoms with Gasteiger partial charge in [0.1, 0.15) is 17.1 Å². The second kappa shape index (κ2) is 4.23. The highest BCUT2D eigenvalue weighted by atomic mass is 35.5. The normalized spacial score (nSPS) is 10.7. The van der Waals surface area contributed by atoms with Gasteiger partial charge in [0.2, 0.25) is 5.88 Å². The van der Waals surface area contributed by atoms with E-state index < -0.39 is 0 Å². The van der Waals surface area contributed by atoms with Crippen molar-refractivity contribution in [3.63, 3.8) is 0 Å². The summed E-state index contributed by atoms with van der Waals surface area (Å²) in [6, 6.07) is 10.0. The van der Waals surface area contributed by atoms with Gasteiger partial charge < -0.3 is 14.2 Å². The van der Waals surface area contributed by atoms with Crippen molar-refractivity contribution in [3.05, 3.63) is 53.8 Å². The van der Waals surface area contributed by atoms with Gasteiger partial charge >= 0.3 is 0 Å². The van der Waals surface area contributed by atoms with E-state index in [-0.39, 0.29) is 5.75 Å². The van der Waals surface area contributed by atoms with Crippen LogP contribution in [-0.2, 0) is 0 Å². The van der Waals surface area contributed by atoms with E-state index in [1.807, 2.05) is 6.07 Å². The van der Waals surface area contributed by atoms with Crippen LogP contribution in [0.3, 0.4) is 0 Å². The lowest BCUT2D eigenvalue weighted by atomic mass is 10.3. The first-order valence-electron chi connectivity index (χ1n) is 5.32. The van der Waals surface area contributed by atoms with E-state index in [0.29, 0.717) is 16.7 Å². The van der Waals surface area contributed by atoms with Crippen molar-refractivity contribution in [3.8, 4) is 17.4 Å². The number of hydrogen-bond donors (Lipinski definition) is 1. The smallest absolute Gasteiger partial charge is 0.238 e. The number of aromatic nitrogens is 2. The minimum atomic E-state index is 0.198. The molecule has 0 aliphatic carbocycles. The van der Waals surface area contributed by atoms with Crippen LogP contribution < -0.4 is 4.74 Å². The van der Waals surface area contributed by atoms with Gasteiger partial charge in [0.15, 0.2) is 0 Å². The van der Waals surface area contributed by atoms with Gasteiger partial charge in [-0.15, -0.1) is 0 Å². The summed E-state index contributed by atoms with van der Waals surface area (Å²) in [5.41, 5.74) is 0.758. The number of halogens is 1. The number of phenols is 1. The molecule has 1 N–H and O–H groups in total. The fraction of sp³-hybridized carbons (Fsp3) is 0. The van der Waals surface area contributed by atoms with Gasteiger partial charge in [-0.1, -0.05) is 11.6 Å². The Bertz CT molecular complexity index is 692. The van der Waals surface area contributed by atoms with E-state index >= 15 is 0 Å². The van der Waals surface area contributed by atoms with E-state index in [0.717, 1.165) is 5.65 Å². The van der Waals surface area contributed by atoms with E-state index in [4.69, 9.17) is 16.3 Å². The zero-order valence-corrected chi connectivity index (χ0v) is 10.0. The Morgan fingerprint density at radius 3 is 2.61 bits per heavy atom. The van der Waals surface area contributed by atoms with Crippen LogP contribution in [-0.4, -0.2) is 14.5 Å². The third-order valence-electron chi connectivity index (χ3n) is 2.45. The van der Waals surface area contributed by atoms with Gasteiger partial charge in [0, 0.05) is 6.20 Å². The minimum Gasteiger partial charge on any atom is -0.508 e. The predicted molar refractivity (Wildman–Crippen MR) is 68.4 cm³/mol. The van der Waals surface area contributed by atoms with Crippen molar-refractivity contribution in [2.45, 2.75) is 0 Å². The number of phenolic OH excluding ortho intramolecular Hbond substituents is 1. The van der Waals surface area contributed by atoms with Gasteiger partial charge in [-0.25, -0.2) is 0 Å². The standard InChI is InChI=1S/C13H9ClN2O2/c14-9-1-6-12-15-13(8-16(12)7-9)18-11-4-2-10(17)3-5-11/h1-8,17H. The highest BCUT2D eigenvalue weighted by Gasteiger charge is 2.04. The van der Waals surface area contributed by atoms with E-state index in [1.54, 1.807) is 47.1 Å². The molecule has 18 heavy (non-hydrogen) atoms. The molecule has 0 aliphatic heterocycles. The molecule has 3 aromatic rings.